The van der Waals surface area contributed by atoms with E-state index in [4.69, 9.17) is 9.47 Å². The largest absolute Gasteiger partial charge is 0.467 e. The summed E-state index contributed by atoms with van der Waals surface area (Å²) in [6.07, 6.45) is -0.820. The van der Waals surface area contributed by atoms with Crippen molar-refractivity contribution in [2.24, 2.45) is 47.3 Å². The number of rotatable bonds is 32. The maximum atomic E-state index is 14.1. The van der Waals surface area contributed by atoms with E-state index in [1.807, 2.05) is 0 Å². The third-order valence-corrected chi connectivity index (χ3v) is 14.5. The highest BCUT2D eigenvalue weighted by molar-refractivity contribution is 6.01. The summed E-state index contributed by atoms with van der Waals surface area (Å²) in [4.78, 5) is 178. The van der Waals surface area contributed by atoms with Gasteiger partial charge in [0, 0.05) is 0 Å². The van der Waals surface area contributed by atoms with Crippen LogP contribution in [0, 0.1) is 47.3 Å². The minimum Gasteiger partial charge on any atom is -0.467 e. The molecule has 0 fully saturated rings. The summed E-state index contributed by atoms with van der Waals surface area (Å²) in [5.74, 6) is -13.0. The van der Waals surface area contributed by atoms with Crippen LogP contribution in [0.15, 0.2) is 0 Å². The first-order chi connectivity index (χ1) is 40.2. The fourth-order valence-electron chi connectivity index (χ4n) is 8.67. The van der Waals surface area contributed by atoms with Crippen molar-refractivity contribution in [3.63, 3.8) is 0 Å². The standard InChI is InChI=1S/C62H112N12O15/c1-29(2)37(45(75)63-42(34(11)12)50(80)72-60(22,23)54(84)69-39(31(5)6)47(77)65-44(36(15)16)52(82)74-62(26,27)56(86)88-28)67-53(83)59(20,21)71-49(79)41(33(9)10)64-46(76)38(30(3)4)68-55(85)61(24,25)73-51(81)43(35(13)14)66-48(78)40(32(7)8)70-57(87)89-58(17,18)19/h29-44H,1-28H3,(H,63,75)(H,64,76)(H,65,77)(H,66,78)(H,67,83)(H,68,85)(H,69,84)(H,70,87)(H,71,79)(H,72,80)(H,73,81)(H,74,82)/t37-,38-,39-,40-,41-,42-,43-,44-/m0/s1. The average Bonchev–Trinajstić information content (AvgIpc) is 2.96. The maximum Gasteiger partial charge on any atom is 0.408 e. The molecule has 0 aliphatic heterocycles. The van der Waals surface area contributed by atoms with Gasteiger partial charge in [0.2, 0.25) is 65.0 Å². The van der Waals surface area contributed by atoms with Crippen LogP contribution in [0.25, 0.3) is 0 Å². The van der Waals surface area contributed by atoms with Crippen molar-refractivity contribution < 1.29 is 71.8 Å². The van der Waals surface area contributed by atoms with Crippen molar-refractivity contribution in [1.82, 2.24) is 63.8 Å². The second kappa shape index (κ2) is 33.7. The highest BCUT2D eigenvalue weighted by atomic mass is 16.6. The van der Waals surface area contributed by atoms with Crippen LogP contribution in [-0.4, -0.2) is 160 Å². The van der Waals surface area contributed by atoms with Crippen LogP contribution >= 0.6 is 0 Å². The lowest BCUT2D eigenvalue weighted by molar-refractivity contribution is -0.150. The van der Waals surface area contributed by atoms with Gasteiger partial charge in [-0.3, -0.25) is 52.7 Å². The monoisotopic (exact) mass is 1260 g/mol. The Kier molecular flexibility index (Phi) is 31.0. The highest BCUT2D eigenvalue weighted by Crippen LogP contribution is 2.18. The maximum absolute atomic E-state index is 14.1. The molecule has 12 amide bonds. The molecular formula is C62H112N12O15. The number of ether oxygens (including phenoxy) is 2. The van der Waals surface area contributed by atoms with Crippen molar-refractivity contribution in [3.8, 4) is 0 Å². The molecule has 0 spiro atoms. The fraction of sp³-hybridized carbons (Fsp3) is 0.790. The number of nitrogens with one attached hydrogen (secondary N) is 12. The molecule has 0 rings (SSSR count). The van der Waals surface area contributed by atoms with E-state index in [1.165, 1.54) is 62.5 Å². The molecule has 510 valence electrons. The van der Waals surface area contributed by atoms with Gasteiger partial charge in [0.1, 0.15) is 76.1 Å². The highest BCUT2D eigenvalue weighted by Gasteiger charge is 2.44. The molecule has 0 saturated carbocycles. The van der Waals surface area contributed by atoms with Crippen LogP contribution in [0.4, 0.5) is 4.79 Å². The van der Waals surface area contributed by atoms with Crippen molar-refractivity contribution in [2.45, 2.75) is 263 Å². The zero-order valence-electron chi connectivity index (χ0n) is 58.4. The lowest BCUT2D eigenvalue weighted by atomic mass is 9.95. The molecule has 0 aromatic rings. The zero-order valence-corrected chi connectivity index (χ0v) is 58.4. The molecule has 12 N–H and O–H groups in total. The van der Waals surface area contributed by atoms with Crippen LogP contribution in [0.1, 0.15) is 187 Å². The SMILES string of the molecule is COC(=O)C(C)(C)NC(=O)[C@@H](NC(=O)[C@@H](NC(=O)C(C)(C)NC(=O)[C@@H](NC(=O)[C@@H](NC(=O)C(C)(C)NC(=O)[C@@H](NC(=O)[C@@H](NC(=O)C(C)(C)NC(=O)[C@@H](NC(=O)[C@@H](NC(=O)OC(C)(C)C)C(C)C)C(C)C)C(C)C)C(C)C)C(C)C)C(C)C)C(C)C)C(C)C. The average molecular weight is 1270 g/mol. The molecule has 8 atom stereocenters. The van der Waals surface area contributed by atoms with Crippen LogP contribution in [0.5, 0.6) is 0 Å². The Morgan fingerprint density at radius 3 is 0.618 bits per heavy atom. The smallest absolute Gasteiger partial charge is 0.408 e. The fourth-order valence-corrected chi connectivity index (χ4v) is 8.67. The molecule has 27 heteroatoms. The molecular weight excluding hydrogens is 1150 g/mol. The second-order valence-corrected chi connectivity index (χ2v) is 28.8. The molecule has 0 unspecified atom stereocenters. The molecule has 0 saturated heterocycles. The summed E-state index contributed by atoms with van der Waals surface area (Å²) >= 11 is 0. The van der Waals surface area contributed by atoms with Gasteiger partial charge in [0.15, 0.2) is 0 Å². The summed E-state index contributed by atoms with van der Waals surface area (Å²) in [5.41, 5.74) is -7.33. The van der Waals surface area contributed by atoms with E-state index in [1.54, 1.807) is 132 Å². The van der Waals surface area contributed by atoms with E-state index in [0.717, 1.165) is 0 Å². The third-order valence-electron chi connectivity index (χ3n) is 14.5. The van der Waals surface area contributed by atoms with Gasteiger partial charge in [0.25, 0.3) is 0 Å². The van der Waals surface area contributed by atoms with E-state index >= 15 is 0 Å². The lowest BCUT2D eigenvalue weighted by Crippen LogP contribution is -2.66. The number of hydrogen-bond donors (Lipinski definition) is 12. The summed E-state index contributed by atoms with van der Waals surface area (Å²) in [7, 11) is 1.18. The Hall–Kier alpha value is -7.09. The summed E-state index contributed by atoms with van der Waals surface area (Å²) in [6, 6.07) is -9.61. The van der Waals surface area contributed by atoms with Crippen LogP contribution in [0.3, 0.4) is 0 Å². The first-order valence-electron chi connectivity index (χ1n) is 30.7. The minimum atomic E-state index is -1.73. The number of carbonyl (C=O) groups excluding carboxylic acids is 13. The Morgan fingerprint density at radius 2 is 0.438 bits per heavy atom. The first-order valence-corrected chi connectivity index (χ1v) is 30.7. The predicted molar refractivity (Wildman–Crippen MR) is 336 cm³/mol. The molecule has 0 heterocycles. The van der Waals surface area contributed by atoms with E-state index in [2.05, 4.69) is 63.8 Å². The van der Waals surface area contributed by atoms with Gasteiger partial charge in [-0.1, -0.05) is 111 Å². The van der Waals surface area contributed by atoms with Gasteiger partial charge in [0.05, 0.1) is 7.11 Å². The number of hydrogen-bond acceptors (Lipinski definition) is 15. The van der Waals surface area contributed by atoms with Gasteiger partial charge in [-0.05, 0) is 124 Å². The predicted octanol–water partition coefficient (Wildman–Crippen LogP) is 2.27. The van der Waals surface area contributed by atoms with Crippen LogP contribution < -0.4 is 63.8 Å². The van der Waals surface area contributed by atoms with Crippen molar-refractivity contribution >= 4 is 77.0 Å². The van der Waals surface area contributed by atoms with Gasteiger partial charge in [-0.25, -0.2) is 9.59 Å². The number of methoxy groups -OCH3 is 1. The molecule has 27 nitrogen and oxygen atoms in total. The number of alkyl carbamates (subject to hydrolysis) is 1. The summed E-state index contributed by atoms with van der Waals surface area (Å²) in [5, 5.41) is 32.0. The first kappa shape index (κ1) is 81.9. The van der Waals surface area contributed by atoms with Crippen LogP contribution in [-0.2, 0) is 67.0 Å². The van der Waals surface area contributed by atoms with Crippen molar-refractivity contribution in [2.75, 3.05) is 7.11 Å². The Bertz CT molecular complexity index is 2530. The van der Waals surface area contributed by atoms with Crippen molar-refractivity contribution in [1.29, 1.82) is 0 Å². The second-order valence-electron chi connectivity index (χ2n) is 28.8. The Balaban J connectivity index is 6.31. The lowest BCUT2D eigenvalue weighted by Gasteiger charge is -2.34. The number of carbonyl (C=O) groups is 13. The van der Waals surface area contributed by atoms with Crippen molar-refractivity contribution in [3.05, 3.63) is 0 Å². The van der Waals surface area contributed by atoms with Gasteiger partial charge >= 0.3 is 12.1 Å². The number of amides is 12. The normalized spacial score (nSPS) is 15.1. The molecule has 0 aromatic heterocycles. The van der Waals surface area contributed by atoms with Crippen LogP contribution in [0.2, 0.25) is 0 Å². The molecule has 89 heavy (non-hydrogen) atoms. The Labute approximate surface area is 528 Å². The van der Waals surface area contributed by atoms with E-state index < -0.39 is 200 Å². The molecule has 0 aromatic carbocycles. The molecule has 0 bridgehead atoms. The summed E-state index contributed by atoms with van der Waals surface area (Å²) < 4.78 is 10.1. The van der Waals surface area contributed by atoms with Gasteiger partial charge in [-0.2, -0.15) is 0 Å². The zero-order chi connectivity index (χ0) is 70.1. The van der Waals surface area contributed by atoms with E-state index in [9.17, 15) is 62.3 Å². The van der Waals surface area contributed by atoms with E-state index in [0.29, 0.717) is 0 Å². The third kappa shape index (κ3) is 25.7. The minimum absolute atomic E-state index is 0.404. The van der Waals surface area contributed by atoms with Gasteiger partial charge < -0.3 is 73.3 Å². The van der Waals surface area contributed by atoms with Gasteiger partial charge in [-0.15, -0.1) is 0 Å². The van der Waals surface area contributed by atoms with E-state index in [-0.39, 0.29) is 0 Å². The quantitative estimate of drug-likeness (QED) is 0.0430. The Morgan fingerprint density at radius 1 is 0.258 bits per heavy atom. The molecule has 0 radical (unpaired) electrons. The molecule has 0 aliphatic carbocycles. The molecule has 0 aliphatic rings. The summed E-state index contributed by atoms with van der Waals surface area (Å²) in [6.45, 7) is 43.1. The topological polar surface area (TPSA) is 385 Å². The number of esters is 1.